The van der Waals surface area contributed by atoms with Crippen molar-refractivity contribution in [2.75, 3.05) is 13.6 Å². The molecule has 14 heavy (non-hydrogen) atoms. The Balaban J connectivity index is 3.11. The minimum absolute atomic E-state index is 0.00977. The summed E-state index contributed by atoms with van der Waals surface area (Å²) in [5.74, 6) is -1.10. The number of carbonyl (C=O) groups is 1. The molecule has 0 aromatic heterocycles. The molecular formula is C7H14N2O4S. The first-order valence-corrected chi connectivity index (χ1v) is 5.65. The summed E-state index contributed by atoms with van der Waals surface area (Å²) in [7, 11) is -2.19. The zero-order valence-electron chi connectivity index (χ0n) is 8.34. The average molecular weight is 222 g/mol. The molecule has 6 nitrogen and oxygen atoms in total. The summed E-state index contributed by atoms with van der Waals surface area (Å²) in [5.41, 5.74) is 0. The first kappa shape index (κ1) is 11.4. The molecule has 0 aromatic carbocycles. The summed E-state index contributed by atoms with van der Waals surface area (Å²) in [6.07, 6.45) is 0. The van der Waals surface area contributed by atoms with Gasteiger partial charge in [-0.15, -0.1) is 0 Å². The Morgan fingerprint density at radius 1 is 1.50 bits per heavy atom. The smallest absolute Gasteiger partial charge is 0.323 e. The summed E-state index contributed by atoms with van der Waals surface area (Å²) in [6, 6.07) is -1.31. The molecule has 1 aliphatic rings. The minimum atomic E-state index is -3.57. The Labute approximate surface area is 83.3 Å². The summed E-state index contributed by atoms with van der Waals surface area (Å²) < 4.78 is 25.4. The van der Waals surface area contributed by atoms with Crippen molar-refractivity contribution in [1.29, 1.82) is 0 Å². The fraction of sp³-hybridized carbons (Fsp3) is 0.857. The highest BCUT2D eigenvalue weighted by Crippen LogP contribution is 2.23. The second kappa shape index (κ2) is 3.48. The minimum Gasteiger partial charge on any atom is -0.480 e. The van der Waals surface area contributed by atoms with Gasteiger partial charge in [0.15, 0.2) is 0 Å². The number of carboxylic acid groups (broad SMARTS) is 1. The maximum absolute atomic E-state index is 11.6. The number of likely N-dealkylation sites (N-methyl/N-ethyl adjacent to an activating group) is 1. The van der Waals surface area contributed by atoms with Crippen LogP contribution in [0.15, 0.2) is 0 Å². The van der Waals surface area contributed by atoms with E-state index in [4.69, 9.17) is 5.11 Å². The molecule has 1 saturated heterocycles. The molecule has 1 heterocycles. The van der Waals surface area contributed by atoms with Gasteiger partial charge < -0.3 is 5.11 Å². The van der Waals surface area contributed by atoms with Crippen molar-refractivity contribution in [1.82, 2.24) is 8.61 Å². The van der Waals surface area contributed by atoms with E-state index < -0.39 is 22.2 Å². The molecule has 0 saturated carbocycles. The van der Waals surface area contributed by atoms with E-state index in [0.717, 1.165) is 8.61 Å². The second-order valence-corrected chi connectivity index (χ2v) is 5.51. The van der Waals surface area contributed by atoms with Gasteiger partial charge in [-0.3, -0.25) is 4.79 Å². The number of rotatable bonds is 2. The van der Waals surface area contributed by atoms with Crippen LogP contribution in [0.25, 0.3) is 0 Å². The predicted molar refractivity (Wildman–Crippen MR) is 49.9 cm³/mol. The molecule has 82 valence electrons. The van der Waals surface area contributed by atoms with E-state index in [2.05, 4.69) is 0 Å². The van der Waals surface area contributed by atoms with E-state index in [1.165, 1.54) is 7.05 Å². The van der Waals surface area contributed by atoms with Crippen LogP contribution >= 0.6 is 0 Å². The Kier molecular flexibility index (Phi) is 2.84. The molecular weight excluding hydrogens is 208 g/mol. The third kappa shape index (κ3) is 1.62. The highest BCUT2D eigenvalue weighted by atomic mass is 32.2. The van der Waals surface area contributed by atoms with Gasteiger partial charge >= 0.3 is 5.97 Å². The predicted octanol–water partition coefficient (Wildman–Crippen LogP) is -0.660. The summed E-state index contributed by atoms with van der Waals surface area (Å²) >= 11 is 0. The largest absolute Gasteiger partial charge is 0.480 e. The van der Waals surface area contributed by atoms with Crippen molar-refractivity contribution in [2.24, 2.45) is 0 Å². The lowest BCUT2D eigenvalue weighted by Crippen LogP contribution is -2.44. The molecule has 0 amide bonds. The zero-order valence-corrected chi connectivity index (χ0v) is 9.15. The van der Waals surface area contributed by atoms with Gasteiger partial charge in [0.25, 0.3) is 10.2 Å². The number of nitrogens with zero attached hydrogens (tertiary/aromatic N) is 2. The standard InChI is InChI=1S/C7H14N2O4S/c1-5(2)9-6(7(10)11)4-8(3)14(9,12)13/h5-6H,4H2,1-3H3,(H,10,11). The average Bonchev–Trinajstić information content (AvgIpc) is 2.23. The molecule has 1 aliphatic heterocycles. The first-order valence-electron chi connectivity index (χ1n) is 4.26. The molecule has 1 N–H and O–H groups in total. The van der Waals surface area contributed by atoms with E-state index in [1.54, 1.807) is 13.8 Å². The SMILES string of the molecule is CC(C)N1C(C(=O)O)CN(C)S1(=O)=O. The summed E-state index contributed by atoms with van der Waals surface area (Å²) in [5, 5.41) is 8.85. The van der Waals surface area contributed by atoms with Crippen LogP contribution in [-0.4, -0.2) is 53.8 Å². The van der Waals surface area contributed by atoms with E-state index >= 15 is 0 Å². The van der Waals surface area contributed by atoms with Gasteiger partial charge in [-0.25, -0.2) is 0 Å². The van der Waals surface area contributed by atoms with E-state index in [1.807, 2.05) is 0 Å². The number of hydrogen-bond acceptors (Lipinski definition) is 3. The van der Waals surface area contributed by atoms with Crippen LogP contribution in [-0.2, 0) is 15.0 Å². The van der Waals surface area contributed by atoms with Crippen LogP contribution in [0.2, 0.25) is 0 Å². The monoisotopic (exact) mass is 222 g/mol. The number of hydrogen-bond donors (Lipinski definition) is 1. The third-order valence-electron chi connectivity index (χ3n) is 2.19. The first-order chi connectivity index (χ1) is 6.28. The lowest BCUT2D eigenvalue weighted by molar-refractivity contribution is -0.141. The quantitative estimate of drug-likeness (QED) is 0.673. The zero-order chi connectivity index (χ0) is 11.1. The van der Waals surface area contributed by atoms with Gasteiger partial charge in [0, 0.05) is 19.6 Å². The van der Waals surface area contributed by atoms with Gasteiger partial charge in [-0.2, -0.15) is 17.0 Å². The lowest BCUT2D eigenvalue weighted by atomic mass is 10.2. The highest BCUT2D eigenvalue weighted by Gasteiger charge is 2.46. The summed E-state index contributed by atoms with van der Waals surface area (Å²) in [4.78, 5) is 10.8. The molecule has 0 bridgehead atoms. The molecule has 1 atom stereocenters. The van der Waals surface area contributed by atoms with Crippen molar-refractivity contribution in [2.45, 2.75) is 25.9 Å². The van der Waals surface area contributed by atoms with Crippen LogP contribution in [0.3, 0.4) is 0 Å². The van der Waals surface area contributed by atoms with E-state index in [-0.39, 0.29) is 12.6 Å². The highest BCUT2D eigenvalue weighted by molar-refractivity contribution is 7.87. The maximum atomic E-state index is 11.6. The Bertz CT molecular complexity index is 338. The van der Waals surface area contributed by atoms with Gasteiger partial charge in [0.2, 0.25) is 0 Å². The maximum Gasteiger partial charge on any atom is 0.323 e. The molecule has 0 aromatic rings. The Morgan fingerprint density at radius 2 is 2.00 bits per heavy atom. The van der Waals surface area contributed by atoms with Crippen molar-refractivity contribution < 1.29 is 18.3 Å². The molecule has 1 rings (SSSR count). The molecule has 1 unspecified atom stereocenters. The lowest BCUT2D eigenvalue weighted by Gasteiger charge is -2.22. The van der Waals surface area contributed by atoms with E-state index in [9.17, 15) is 13.2 Å². The summed E-state index contributed by atoms with van der Waals surface area (Å²) in [6.45, 7) is 3.33. The molecule has 0 radical (unpaired) electrons. The second-order valence-electron chi connectivity index (χ2n) is 3.57. The van der Waals surface area contributed by atoms with Crippen LogP contribution in [0.4, 0.5) is 0 Å². The third-order valence-corrected chi connectivity index (χ3v) is 4.34. The Hall–Kier alpha value is -0.660. The molecule has 0 aliphatic carbocycles. The topological polar surface area (TPSA) is 77.9 Å². The van der Waals surface area contributed by atoms with Crippen molar-refractivity contribution >= 4 is 16.2 Å². The van der Waals surface area contributed by atoms with Crippen LogP contribution in [0.5, 0.6) is 0 Å². The van der Waals surface area contributed by atoms with Crippen molar-refractivity contribution in [3.63, 3.8) is 0 Å². The van der Waals surface area contributed by atoms with Gasteiger partial charge in [0.1, 0.15) is 6.04 Å². The van der Waals surface area contributed by atoms with Gasteiger partial charge in [-0.05, 0) is 13.8 Å². The van der Waals surface area contributed by atoms with Crippen molar-refractivity contribution in [3.05, 3.63) is 0 Å². The fourth-order valence-corrected chi connectivity index (χ4v) is 3.22. The fourth-order valence-electron chi connectivity index (χ4n) is 1.55. The number of carboxylic acids is 1. The molecule has 1 fully saturated rings. The number of aliphatic carboxylic acids is 1. The normalized spacial score (nSPS) is 28.4. The van der Waals surface area contributed by atoms with Crippen LogP contribution < -0.4 is 0 Å². The molecule has 0 spiro atoms. The van der Waals surface area contributed by atoms with Crippen LogP contribution in [0, 0.1) is 0 Å². The van der Waals surface area contributed by atoms with E-state index in [0.29, 0.717) is 0 Å². The van der Waals surface area contributed by atoms with Crippen LogP contribution in [0.1, 0.15) is 13.8 Å². The Morgan fingerprint density at radius 3 is 2.29 bits per heavy atom. The van der Waals surface area contributed by atoms with Gasteiger partial charge in [0.05, 0.1) is 0 Å². The molecule has 7 heteroatoms. The van der Waals surface area contributed by atoms with Gasteiger partial charge in [-0.1, -0.05) is 0 Å². The van der Waals surface area contributed by atoms with Crippen molar-refractivity contribution in [3.8, 4) is 0 Å².